The number of piperazine rings is 1. The number of benzene rings is 2. The maximum absolute atomic E-state index is 12.7. The van der Waals surface area contributed by atoms with Gasteiger partial charge in [0.2, 0.25) is 10.0 Å². The number of rotatable bonds is 9. The predicted molar refractivity (Wildman–Crippen MR) is 123 cm³/mol. The van der Waals surface area contributed by atoms with Crippen LogP contribution in [0.4, 0.5) is 5.69 Å². The highest BCUT2D eigenvalue weighted by atomic mass is 32.2. The lowest BCUT2D eigenvalue weighted by atomic mass is 10.1. The van der Waals surface area contributed by atoms with Crippen molar-refractivity contribution in [1.82, 2.24) is 9.21 Å². The van der Waals surface area contributed by atoms with Crippen LogP contribution in [0.15, 0.2) is 61.2 Å². The van der Waals surface area contributed by atoms with E-state index in [2.05, 4.69) is 16.8 Å². The summed E-state index contributed by atoms with van der Waals surface area (Å²) in [4.78, 5) is 14.9. The highest BCUT2D eigenvalue weighted by Gasteiger charge is 2.25. The van der Waals surface area contributed by atoms with Gasteiger partial charge >= 0.3 is 0 Å². The molecule has 2 aromatic rings. The van der Waals surface area contributed by atoms with Crippen molar-refractivity contribution in [2.24, 2.45) is 0 Å². The Hall–Kier alpha value is -2.68. The molecule has 1 amide bonds. The Kier molecular flexibility index (Phi) is 7.84. The fraction of sp³-hybridized carbons (Fsp3) is 0.348. The van der Waals surface area contributed by atoms with Crippen molar-refractivity contribution in [1.29, 1.82) is 0 Å². The molecular formula is C23H29N3O4S. The van der Waals surface area contributed by atoms with E-state index >= 15 is 0 Å². The van der Waals surface area contributed by atoms with Crippen LogP contribution in [-0.4, -0.2) is 62.1 Å². The van der Waals surface area contributed by atoms with Crippen LogP contribution < -0.4 is 10.1 Å². The quantitative estimate of drug-likeness (QED) is 0.603. The number of nitrogens with zero attached hydrogens (tertiary/aromatic N) is 2. The van der Waals surface area contributed by atoms with Crippen LogP contribution in [0.3, 0.4) is 0 Å². The summed E-state index contributed by atoms with van der Waals surface area (Å²) in [5, 5.41) is 2.90. The zero-order chi connectivity index (χ0) is 22.3. The average Bonchev–Trinajstić information content (AvgIpc) is 2.78. The van der Waals surface area contributed by atoms with Gasteiger partial charge in [0.15, 0.2) is 0 Å². The third-order valence-corrected chi connectivity index (χ3v) is 7.03. The first-order chi connectivity index (χ1) is 14.9. The van der Waals surface area contributed by atoms with Gasteiger partial charge < -0.3 is 10.1 Å². The van der Waals surface area contributed by atoms with Gasteiger partial charge in [-0.1, -0.05) is 30.9 Å². The van der Waals surface area contributed by atoms with E-state index in [9.17, 15) is 13.2 Å². The fourth-order valence-corrected chi connectivity index (χ4v) is 4.52. The largest absolute Gasteiger partial charge is 0.489 e. The molecular weight excluding hydrogens is 414 g/mol. The summed E-state index contributed by atoms with van der Waals surface area (Å²) in [5.74, 6) is 0.602. The molecule has 8 heteroatoms. The summed E-state index contributed by atoms with van der Waals surface area (Å²) in [6.07, 6.45) is 1.67. The zero-order valence-corrected chi connectivity index (χ0v) is 18.6. The summed E-state index contributed by atoms with van der Waals surface area (Å²) in [7, 11) is -3.13. The molecule has 0 spiro atoms. The SMILES string of the molecule is C=CCOc1cccc(NC(=O)c2cccc(CN3CCN(S(=O)(=O)CC)CC3)c2)c1. The van der Waals surface area contributed by atoms with Gasteiger partial charge in [-0.15, -0.1) is 0 Å². The Morgan fingerprint density at radius 3 is 2.58 bits per heavy atom. The number of hydrogen-bond donors (Lipinski definition) is 1. The lowest BCUT2D eigenvalue weighted by Gasteiger charge is -2.33. The van der Waals surface area contributed by atoms with Crippen molar-refractivity contribution in [2.45, 2.75) is 13.5 Å². The van der Waals surface area contributed by atoms with Crippen LogP contribution in [-0.2, 0) is 16.6 Å². The van der Waals surface area contributed by atoms with Crippen molar-refractivity contribution in [2.75, 3.05) is 43.9 Å². The number of amides is 1. The van der Waals surface area contributed by atoms with Gasteiger partial charge in [-0.3, -0.25) is 9.69 Å². The van der Waals surface area contributed by atoms with Crippen LogP contribution in [0.1, 0.15) is 22.8 Å². The number of carbonyl (C=O) groups excluding carboxylic acids is 1. The van der Waals surface area contributed by atoms with Crippen molar-refractivity contribution in [3.05, 3.63) is 72.3 Å². The second kappa shape index (κ2) is 10.6. The van der Waals surface area contributed by atoms with Crippen LogP contribution in [0.25, 0.3) is 0 Å². The summed E-state index contributed by atoms with van der Waals surface area (Å²) in [6.45, 7) is 8.72. The highest BCUT2D eigenvalue weighted by Crippen LogP contribution is 2.19. The summed E-state index contributed by atoms with van der Waals surface area (Å²) >= 11 is 0. The molecule has 0 unspecified atom stereocenters. The van der Waals surface area contributed by atoms with Gasteiger partial charge in [-0.25, -0.2) is 8.42 Å². The molecule has 0 bridgehead atoms. The lowest BCUT2D eigenvalue weighted by molar-refractivity contribution is 0.102. The van der Waals surface area contributed by atoms with Crippen LogP contribution >= 0.6 is 0 Å². The minimum atomic E-state index is -3.13. The Labute approximate surface area is 184 Å². The average molecular weight is 444 g/mol. The molecule has 1 heterocycles. The normalized spacial score (nSPS) is 15.4. The topological polar surface area (TPSA) is 79.0 Å². The predicted octanol–water partition coefficient (Wildman–Crippen LogP) is 2.97. The van der Waals surface area contributed by atoms with Crippen molar-refractivity contribution in [3.63, 3.8) is 0 Å². The molecule has 2 aromatic carbocycles. The summed E-state index contributed by atoms with van der Waals surface area (Å²) in [6, 6.07) is 14.7. The van der Waals surface area contributed by atoms with E-state index in [4.69, 9.17) is 4.74 Å². The van der Waals surface area contributed by atoms with Gasteiger partial charge in [0, 0.05) is 50.0 Å². The first-order valence-electron chi connectivity index (χ1n) is 10.4. The fourth-order valence-electron chi connectivity index (χ4n) is 3.44. The lowest BCUT2D eigenvalue weighted by Crippen LogP contribution is -2.48. The Morgan fingerprint density at radius 2 is 1.87 bits per heavy atom. The maximum Gasteiger partial charge on any atom is 0.255 e. The van der Waals surface area contributed by atoms with E-state index in [0.717, 1.165) is 5.56 Å². The van der Waals surface area contributed by atoms with E-state index in [1.807, 2.05) is 36.4 Å². The third kappa shape index (κ3) is 6.40. The van der Waals surface area contributed by atoms with Gasteiger partial charge in [-0.2, -0.15) is 4.31 Å². The second-order valence-corrected chi connectivity index (χ2v) is 9.62. The smallest absolute Gasteiger partial charge is 0.255 e. The third-order valence-electron chi connectivity index (χ3n) is 5.14. The molecule has 1 fully saturated rings. The van der Waals surface area contributed by atoms with Gasteiger partial charge in [0.25, 0.3) is 5.91 Å². The first-order valence-corrected chi connectivity index (χ1v) is 12.0. The summed E-state index contributed by atoms with van der Waals surface area (Å²) < 4.78 is 31.1. The van der Waals surface area contributed by atoms with Gasteiger partial charge in [0.05, 0.1) is 5.75 Å². The van der Waals surface area contributed by atoms with Gasteiger partial charge in [-0.05, 0) is 36.8 Å². The molecule has 1 saturated heterocycles. The van der Waals surface area contributed by atoms with Crippen molar-refractivity contribution < 1.29 is 17.9 Å². The van der Waals surface area contributed by atoms with E-state index in [1.165, 1.54) is 0 Å². The molecule has 0 aromatic heterocycles. The Morgan fingerprint density at radius 1 is 1.13 bits per heavy atom. The first kappa shape index (κ1) is 23.0. The molecule has 1 N–H and O–H groups in total. The molecule has 1 aliphatic rings. The second-order valence-electron chi connectivity index (χ2n) is 7.36. The maximum atomic E-state index is 12.7. The number of ether oxygens (including phenoxy) is 1. The van der Waals surface area contributed by atoms with E-state index in [0.29, 0.717) is 56.3 Å². The van der Waals surface area contributed by atoms with Crippen LogP contribution in [0.5, 0.6) is 5.75 Å². The van der Waals surface area contributed by atoms with Gasteiger partial charge in [0.1, 0.15) is 12.4 Å². The number of hydrogen-bond acceptors (Lipinski definition) is 5. The van der Waals surface area contributed by atoms with Crippen molar-refractivity contribution >= 4 is 21.6 Å². The number of carbonyl (C=O) groups is 1. The van der Waals surface area contributed by atoms with E-state index in [1.54, 1.807) is 29.4 Å². The standard InChI is InChI=1S/C23H29N3O4S/c1-3-15-30-22-10-6-9-21(17-22)24-23(27)20-8-5-7-19(16-20)18-25-11-13-26(14-12-25)31(28,29)4-2/h3,5-10,16-17H,1,4,11-15,18H2,2H3,(H,24,27). The Balaban J connectivity index is 1.59. The molecule has 1 aliphatic heterocycles. The Bertz CT molecular complexity index is 1010. The van der Waals surface area contributed by atoms with E-state index in [-0.39, 0.29) is 11.7 Å². The molecule has 166 valence electrons. The minimum absolute atomic E-state index is 0.132. The van der Waals surface area contributed by atoms with Crippen LogP contribution in [0, 0.1) is 0 Å². The molecule has 31 heavy (non-hydrogen) atoms. The molecule has 0 saturated carbocycles. The van der Waals surface area contributed by atoms with E-state index < -0.39 is 10.0 Å². The molecule has 0 aliphatic carbocycles. The number of sulfonamides is 1. The van der Waals surface area contributed by atoms with Crippen molar-refractivity contribution in [3.8, 4) is 5.75 Å². The van der Waals surface area contributed by atoms with Crippen LogP contribution in [0.2, 0.25) is 0 Å². The number of anilines is 1. The molecule has 7 nitrogen and oxygen atoms in total. The summed E-state index contributed by atoms with van der Waals surface area (Å²) in [5.41, 5.74) is 2.25. The minimum Gasteiger partial charge on any atom is -0.489 e. The zero-order valence-electron chi connectivity index (χ0n) is 17.8. The molecule has 3 rings (SSSR count). The molecule has 0 radical (unpaired) electrons. The molecule has 0 atom stereocenters. The monoisotopic (exact) mass is 443 g/mol. The number of nitrogens with one attached hydrogen (secondary N) is 1. The highest BCUT2D eigenvalue weighted by molar-refractivity contribution is 7.89.